The van der Waals surface area contributed by atoms with E-state index in [1.54, 1.807) is 20.2 Å². The Hall–Kier alpha value is -3.30. The average molecular weight is 472 g/mol. The van der Waals surface area contributed by atoms with Crippen LogP contribution in [0.2, 0.25) is 0 Å². The molecule has 0 unspecified atom stereocenters. The van der Waals surface area contributed by atoms with Gasteiger partial charge in [0.15, 0.2) is 11.6 Å². The van der Waals surface area contributed by atoms with E-state index in [0.717, 1.165) is 17.2 Å². The third-order valence-corrected chi connectivity index (χ3v) is 5.86. The monoisotopic (exact) mass is 471 g/mol. The quantitative estimate of drug-likeness (QED) is 0.423. The summed E-state index contributed by atoms with van der Waals surface area (Å²) in [7, 11) is 3.27. The number of ether oxygens (including phenoxy) is 1. The Labute approximate surface area is 198 Å². The molecule has 2 atom stereocenters. The highest BCUT2D eigenvalue weighted by Crippen LogP contribution is 2.28. The van der Waals surface area contributed by atoms with Crippen LogP contribution in [0.3, 0.4) is 0 Å². The van der Waals surface area contributed by atoms with Gasteiger partial charge in [0.1, 0.15) is 5.82 Å². The molecule has 9 heteroatoms. The Morgan fingerprint density at radius 2 is 1.91 bits per heavy atom. The summed E-state index contributed by atoms with van der Waals surface area (Å²) in [6.07, 6.45) is 1.54. The molecular formula is C25H31F2N5O2. The van der Waals surface area contributed by atoms with Crippen molar-refractivity contribution in [2.45, 2.75) is 18.9 Å². The molecule has 1 saturated heterocycles. The van der Waals surface area contributed by atoms with Crippen molar-refractivity contribution in [3.8, 4) is 0 Å². The highest BCUT2D eigenvalue weighted by molar-refractivity contribution is 6.07. The zero-order chi connectivity index (χ0) is 24.7. The number of amides is 2. The fourth-order valence-electron chi connectivity index (χ4n) is 3.97. The summed E-state index contributed by atoms with van der Waals surface area (Å²) < 4.78 is 32.5. The van der Waals surface area contributed by atoms with Gasteiger partial charge in [-0.25, -0.2) is 13.6 Å². The number of allylic oxidation sites excluding steroid dienone is 1. The molecule has 182 valence electrons. The average Bonchev–Trinajstić information content (AvgIpc) is 3.21. The third-order valence-electron chi connectivity index (χ3n) is 5.86. The molecule has 1 aliphatic rings. The first-order valence-corrected chi connectivity index (χ1v) is 11.1. The van der Waals surface area contributed by atoms with Crippen molar-refractivity contribution in [2.24, 2.45) is 0 Å². The number of hydrogen-bond donors (Lipinski definition) is 4. The van der Waals surface area contributed by atoms with E-state index in [0.29, 0.717) is 37.6 Å². The minimum absolute atomic E-state index is 0.217. The van der Waals surface area contributed by atoms with Gasteiger partial charge in [-0.15, -0.1) is 0 Å². The van der Waals surface area contributed by atoms with Crippen molar-refractivity contribution in [2.75, 3.05) is 40.4 Å². The first-order chi connectivity index (χ1) is 16.3. The summed E-state index contributed by atoms with van der Waals surface area (Å²) in [6, 6.07) is 10.6. The molecule has 0 spiro atoms. The molecule has 0 aliphatic carbocycles. The van der Waals surface area contributed by atoms with Crippen LogP contribution in [-0.2, 0) is 4.74 Å². The van der Waals surface area contributed by atoms with E-state index in [1.807, 2.05) is 31.2 Å². The van der Waals surface area contributed by atoms with Gasteiger partial charge >= 0.3 is 6.03 Å². The number of halogens is 2. The third kappa shape index (κ3) is 6.61. The Morgan fingerprint density at radius 3 is 2.56 bits per heavy atom. The molecule has 4 N–H and O–H groups in total. The Kier molecular flexibility index (Phi) is 8.72. The van der Waals surface area contributed by atoms with Gasteiger partial charge in [-0.2, -0.15) is 0 Å². The van der Waals surface area contributed by atoms with Gasteiger partial charge in [0.05, 0.1) is 18.4 Å². The summed E-state index contributed by atoms with van der Waals surface area (Å²) in [5, 5.41) is 16.9. The standard InChI is InChI=1S/C25H31F2N5O2/c1-16-4-6-17(7-5-16)22(28)13-24(29-2)31-25(33)30-23-15-32(10-11-34-3)14-19(23)18-8-9-20(26)21(27)12-18/h4-9,12-13,19,23,28-29H,10-11,14-15H2,1-3H3,(H2,30,31,33)/b24-13+,28-22?/t19-,23+/m0/s1. The molecule has 2 aromatic rings. The summed E-state index contributed by atoms with van der Waals surface area (Å²) in [5.74, 6) is -1.67. The normalized spacial score (nSPS) is 18.6. The Balaban J connectivity index is 1.70. The fourth-order valence-corrected chi connectivity index (χ4v) is 3.97. The van der Waals surface area contributed by atoms with E-state index in [-0.39, 0.29) is 17.7 Å². The molecule has 7 nitrogen and oxygen atoms in total. The fraction of sp³-hybridized carbons (Fsp3) is 0.360. The molecule has 3 rings (SSSR count). The lowest BCUT2D eigenvalue weighted by atomic mass is 9.94. The second kappa shape index (κ2) is 11.7. The van der Waals surface area contributed by atoms with Crippen LogP contribution < -0.4 is 16.0 Å². The molecule has 2 aromatic carbocycles. The van der Waals surface area contributed by atoms with Gasteiger partial charge < -0.3 is 20.8 Å². The molecule has 1 fully saturated rings. The van der Waals surface area contributed by atoms with Crippen LogP contribution >= 0.6 is 0 Å². The topological polar surface area (TPSA) is 89.5 Å². The van der Waals surface area contributed by atoms with Gasteiger partial charge in [-0.05, 0) is 30.2 Å². The van der Waals surface area contributed by atoms with Crippen molar-refractivity contribution >= 4 is 11.7 Å². The Morgan fingerprint density at radius 1 is 1.18 bits per heavy atom. The zero-order valence-electron chi connectivity index (χ0n) is 19.6. The number of aryl methyl sites for hydroxylation is 1. The number of likely N-dealkylation sites (tertiary alicyclic amines) is 1. The van der Waals surface area contributed by atoms with Crippen LogP contribution in [-0.4, -0.2) is 63.1 Å². The van der Waals surface area contributed by atoms with E-state index in [9.17, 15) is 13.6 Å². The number of carbonyl (C=O) groups is 1. The number of carbonyl (C=O) groups excluding carboxylic acids is 1. The van der Waals surface area contributed by atoms with E-state index >= 15 is 0 Å². The predicted octanol–water partition coefficient (Wildman–Crippen LogP) is 3.12. The van der Waals surface area contributed by atoms with Crippen molar-refractivity contribution in [1.29, 1.82) is 5.41 Å². The highest BCUT2D eigenvalue weighted by Gasteiger charge is 2.35. The number of nitrogens with one attached hydrogen (secondary N) is 4. The smallest absolute Gasteiger partial charge is 0.320 e. The number of benzene rings is 2. The maximum absolute atomic E-state index is 13.9. The van der Waals surface area contributed by atoms with Crippen LogP contribution in [0.5, 0.6) is 0 Å². The molecule has 0 radical (unpaired) electrons. The number of hydrogen-bond acceptors (Lipinski definition) is 5. The van der Waals surface area contributed by atoms with Gasteiger partial charge in [0.25, 0.3) is 0 Å². The minimum atomic E-state index is -0.911. The molecule has 0 saturated carbocycles. The van der Waals surface area contributed by atoms with E-state index < -0.39 is 17.7 Å². The summed E-state index contributed by atoms with van der Waals surface area (Å²) in [4.78, 5) is 14.9. The molecule has 0 aromatic heterocycles. The maximum atomic E-state index is 13.9. The number of methoxy groups -OCH3 is 1. The van der Waals surface area contributed by atoms with Crippen molar-refractivity contribution in [3.63, 3.8) is 0 Å². The lowest BCUT2D eigenvalue weighted by molar-refractivity contribution is 0.159. The van der Waals surface area contributed by atoms with Crippen LogP contribution in [0.25, 0.3) is 0 Å². The second-order valence-corrected chi connectivity index (χ2v) is 8.33. The van der Waals surface area contributed by atoms with Crippen molar-refractivity contribution < 1.29 is 18.3 Å². The molecule has 34 heavy (non-hydrogen) atoms. The van der Waals surface area contributed by atoms with Crippen LogP contribution in [0, 0.1) is 24.0 Å². The van der Waals surface area contributed by atoms with Gasteiger partial charge in [-0.1, -0.05) is 35.9 Å². The summed E-state index contributed by atoms with van der Waals surface area (Å²) >= 11 is 0. The summed E-state index contributed by atoms with van der Waals surface area (Å²) in [6.45, 7) is 4.27. The predicted molar refractivity (Wildman–Crippen MR) is 128 cm³/mol. The van der Waals surface area contributed by atoms with Crippen LogP contribution in [0.1, 0.15) is 22.6 Å². The Bertz CT molecular complexity index is 1040. The molecule has 0 bridgehead atoms. The highest BCUT2D eigenvalue weighted by atomic mass is 19.2. The molecule has 2 amide bonds. The number of nitrogens with zero attached hydrogens (tertiary/aromatic N) is 1. The summed E-state index contributed by atoms with van der Waals surface area (Å²) in [5.41, 5.74) is 2.69. The van der Waals surface area contributed by atoms with Gasteiger partial charge in [0.2, 0.25) is 0 Å². The minimum Gasteiger partial charge on any atom is -0.383 e. The number of rotatable bonds is 9. The van der Waals surface area contributed by atoms with Gasteiger partial charge in [0, 0.05) is 45.8 Å². The second-order valence-electron chi connectivity index (χ2n) is 8.33. The maximum Gasteiger partial charge on any atom is 0.320 e. The molecule has 1 heterocycles. The lowest BCUT2D eigenvalue weighted by Gasteiger charge is -2.21. The van der Waals surface area contributed by atoms with Crippen molar-refractivity contribution in [3.05, 3.63) is 82.7 Å². The van der Waals surface area contributed by atoms with E-state index in [4.69, 9.17) is 10.1 Å². The zero-order valence-corrected chi connectivity index (χ0v) is 19.6. The van der Waals surface area contributed by atoms with Crippen LogP contribution in [0.15, 0.2) is 54.4 Å². The largest absolute Gasteiger partial charge is 0.383 e. The van der Waals surface area contributed by atoms with E-state index in [2.05, 4.69) is 20.9 Å². The first kappa shape index (κ1) is 25.3. The lowest BCUT2D eigenvalue weighted by Crippen LogP contribution is -2.46. The number of urea groups is 1. The van der Waals surface area contributed by atoms with E-state index in [1.165, 1.54) is 12.1 Å². The molecule has 1 aliphatic heterocycles. The SMILES string of the molecule is CN/C(=C\C(=N)c1ccc(C)cc1)NC(=O)N[C@@H]1CN(CCOC)C[C@H]1c1ccc(F)c(F)c1. The molecular weight excluding hydrogens is 440 g/mol. The van der Waals surface area contributed by atoms with Gasteiger partial charge in [-0.3, -0.25) is 10.2 Å². The first-order valence-electron chi connectivity index (χ1n) is 11.1. The van der Waals surface area contributed by atoms with Crippen molar-refractivity contribution in [1.82, 2.24) is 20.9 Å². The van der Waals surface area contributed by atoms with Crippen LogP contribution in [0.4, 0.5) is 13.6 Å².